The number of benzene rings is 1. The van der Waals surface area contributed by atoms with Gasteiger partial charge in [-0.1, -0.05) is 6.07 Å². The van der Waals surface area contributed by atoms with Crippen molar-refractivity contribution < 1.29 is 14.3 Å². The Kier molecular flexibility index (Phi) is 7.15. The Morgan fingerprint density at radius 1 is 1.07 bits per heavy atom. The molecule has 1 aliphatic rings. The fourth-order valence-corrected chi connectivity index (χ4v) is 4.78. The summed E-state index contributed by atoms with van der Waals surface area (Å²) < 4.78 is 11.8. The van der Waals surface area contributed by atoms with Crippen molar-refractivity contribution in [3.05, 3.63) is 44.6 Å². The molecule has 27 heavy (non-hydrogen) atoms. The van der Waals surface area contributed by atoms with Crippen LogP contribution < -0.4 is 9.47 Å². The summed E-state index contributed by atoms with van der Waals surface area (Å²) in [6, 6.07) is 10.1. The van der Waals surface area contributed by atoms with Crippen molar-refractivity contribution in [1.29, 1.82) is 0 Å². The Balaban J connectivity index is 1.45. The molecule has 0 saturated carbocycles. The van der Waals surface area contributed by atoms with Gasteiger partial charge in [-0.25, -0.2) is 0 Å². The fraction of sp³-hybridized carbons (Fsp3) is 0.450. The van der Waals surface area contributed by atoms with E-state index >= 15 is 0 Å². The summed E-state index contributed by atoms with van der Waals surface area (Å²) in [4.78, 5) is 18.3. The quantitative estimate of drug-likeness (QED) is 0.640. The molecule has 1 saturated heterocycles. The molecule has 1 aromatic carbocycles. The molecule has 1 aromatic heterocycles. The summed E-state index contributed by atoms with van der Waals surface area (Å²) in [5.41, 5.74) is 1.09. The number of rotatable bonds is 7. The highest BCUT2D eigenvalue weighted by Gasteiger charge is 2.21. The molecule has 2 aromatic rings. The first-order valence-electron chi connectivity index (χ1n) is 9.04. The van der Waals surface area contributed by atoms with E-state index in [1.807, 2.05) is 23.1 Å². The van der Waals surface area contributed by atoms with Gasteiger partial charge in [0, 0.05) is 44.0 Å². The first-order chi connectivity index (χ1) is 13.1. The number of carbonyl (C=O) groups is 1. The Bertz CT molecular complexity index is 772. The molecule has 0 atom stereocenters. The van der Waals surface area contributed by atoms with Gasteiger partial charge in [0.1, 0.15) is 0 Å². The van der Waals surface area contributed by atoms with E-state index in [0.717, 1.165) is 38.3 Å². The minimum Gasteiger partial charge on any atom is -0.493 e. The zero-order valence-corrected chi connectivity index (χ0v) is 18.1. The SMILES string of the molecule is COc1ccc(CCC(=O)N2CCN(Cc3ccc(Br)s3)CC2)cc1OC. The van der Waals surface area contributed by atoms with Crippen molar-refractivity contribution in [1.82, 2.24) is 9.80 Å². The molecule has 146 valence electrons. The van der Waals surface area contributed by atoms with Gasteiger partial charge in [0.2, 0.25) is 5.91 Å². The first-order valence-corrected chi connectivity index (χ1v) is 10.6. The van der Waals surface area contributed by atoms with Crippen molar-refractivity contribution in [3.63, 3.8) is 0 Å². The summed E-state index contributed by atoms with van der Waals surface area (Å²) in [6.07, 6.45) is 1.23. The first kappa shape index (κ1) is 20.2. The summed E-state index contributed by atoms with van der Waals surface area (Å²) in [5.74, 6) is 1.64. The third-order valence-corrected chi connectivity index (χ3v) is 6.42. The molecule has 0 spiro atoms. The fourth-order valence-electron chi connectivity index (χ4n) is 3.26. The molecular formula is C20H25BrN2O3S. The third kappa shape index (κ3) is 5.46. The van der Waals surface area contributed by atoms with Gasteiger partial charge in [-0.05, 0) is 52.2 Å². The van der Waals surface area contributed by atoms with E-state index in [4.69, 9.17) is 9.47 Å². The van der Waals surface area contributed by atoms with Gasteiger partial charge in [0.15, 0.2) is 11.5 Å². The van der Waals surface area contributed by atoms with Crippen LogP contribution >= 0.6 is 27.3 Å². The average Bonchev–Trinajstić information content (AvgIpc) is 3.11. The van der Waals surface area contributed by atoms with Crippen LogP contribution in [-0.2, 0) is 17.8 Å². The molecule has 1 amide bonds. The number of hydrogen-bond acceptors (Lipinski definition) is 5. The zero-order valence-electron chi connectivity index (χ0n) is 15.7. The monoisotopic (exact) mass is 452 g/mol. The standard InChI is InChI=1S/C20H25BrN2O3S/c1-25-17-6-3-15(13-18(17)26-2)4-8-20(24)23-11-9-22(10-12-23)14-16-5-7-19(21)27-16/h3,5-7,13H,4,8-12,14H2,1-2H3. The number of thiophene rings is 1. The van der Waals surface area contributed by atoms with Gasteiger partial charge in [-0.15, -0.1) is 11.3 Å². The predicted molar refractivity (Wildman–Crippen MR) is 112 cm³/mol. The predicted octanol–water partition coefficient (Wildman–Crippen LogP) is 3.80. The van der Waals surface area contributed by atoms with E-state index in [1.165, 1.54) is 8.66 Å². The van der Waals surface area contributed by atoms with E-state index in [-0.39, 0.29) is 5.91 Å². The number of halogens is 1. The lowest BCUT2D eigenvalue weighted by Gasteiger charge is -2.34. The summed E-state index contributed by atoms with van der Waals surface area (Å²) in [6.45, 7) is 4.42. The molecule has 5 nitrogen and oxygen atoms in total. The minimum atomic E-state index is 0.225. The van der Waals surface area contributed by atoms with Crippen molar-refractivity contribution in [3.8, 4) is 11.5 Å². The van der Waals surface area contributed by atoms with Crippen molar-refractivity contribution in [2.45, 2.75) is 19.4 Å². The second-order valence-corrected chi connectivity index (χ2v) is 9.10. The number of hydrogen-bond donors (Lipinski definition) is 0. The maximum absolute atomic E-state index is 12.6. The summed E-state index contributed by atoms with van der Waals surface area (Å²) >= 11 is 5.29. The molecule has 0 aliphatic carbocycles. The molecule has 1 fully saturated rings. The van der Waals surface area contributed by atoms with E-state index in [2.05, 4.69) is 33.0 Å². The molecule has 2 heterocycles. The lowest BCUT2D eigenvalue weighted by Crippen LogP contribution is -2.48. The Morgan fingerprint density at radius 3 is 2.44 bits per heavy atom. The third-order valence-electron chi connectivity index (χ3n) is 4.81. The van der Waals surface area contributed by atoms with Gasteiger partial charge in [-0.3, -0.25) is 9.69 Å². The van der Waals surface area contributed by atoms with E-state index < -0.39 is 0 Å². The maximum Gasteiger partial charge on any atom is 0.222 e. The molecule has 0 bridgehead atoms. The number of aryl methyl sites for hydroxylation is 1. The van der Waals surface area contributed by atoms with Crippen molar-refractivity contribution in [2.75, 3.05) is 40.4 Å². The van der Waals surface area contributed by atoms with Crippen molar-refractivity contribution >= 4 is 33.2 Å². The molecule has 0 radical (unpaired) electrons. The highest BCUT2D eigenvalue weighted by atomic mass is 79.9. The van der Waals surface area contributed by atoms with Crippen LogP contribution in [0.15, 0.2) is 34.1 Å². The Labute approximate surface area is 173 Å². The van der Waals surface area contributed by atoms with Crippen LogP contribution in [0.5, 0.6) is 11.5 Å². The molecular weight excluding hydrogens is 428 g/mol. The van der Waals surface area contributed by atoms with Crippen LogP contribution in [0.4, 0.5) is 0 Å². The van der Waals surface area contributed by atoms with Crippen LogP contribution in [-0.4, -0.2) is 56.1 Å². The maximum atomic E-state index is 12.6. The zero-order chi connectivity index (χ0) is 19.2. The smallest absolute Gasteiger partial charge is 0.222 e. The highest BCUT2D eigenvalue weighted by molar-refractivity contribution is 9.11. The Morgan fingerprint density at radius 2 is 1.81 bits per heavy atom. The minimum absolute atomic E-state index is 0.225. The number of carbonyl (C=O) groups excluding carboxylic acids is 1. The molecule has 1 aliphatic heterocycles. The second kappa shape index (κ2) is 9.57. The number of ether oxygens (including phenoxy) is 2. The molecule has 7 heteroatoms. The van der Waals surface area contributed by atoms with Gasteiger partial charge in [-0.2, -0.15) is 0 Å². The summed E-state index contributed by atoms with van der Waals surface area (Å²) in [7, 11) is 3.25. The topological polar surface area (TPSA) is 42.0 Å². The largest absolute Gasteiger partial charge is 0.493 e. The number of methoxy groups -OCH3 is 2. The summed E-state index contributed by atoms with van der Waals surface area (Å²) in [5, 5.41) is 0. The molecule has 0 N–H and O–H groups in total. The van der Waals surface area contributed by atoms with E-state index in [9.17, 15) is 4.79 Å². The Hall–Kier alpha value is -1.57. The van der Waals surface area contributed by atoms with Crippen LogP contribution in [0.2, 0.25) is 0 Å². The number of nitrogens with zero attached hydrogens (tertiary/aromatic N) is 2. The van der Waals surface area contributed by atoms with Gasteiger partial charge in [0.25, 0.3) is 0 Å². The highest BCUT2D eigenvalue weighted by Crippen LogP contribution is 2.28. The van der Waals surface area contributed by atoms with Gasteiger partial charge >= 0.3 is 0 Å². The van der Waals surface area contributed by atoms with Crippen molar-refractivity contribution in [2.24, 2.45) is 0 Å². The van der Waals surface area contributed by atoms with Crippen LogP contribution in [0.1, 0.15) is 16.9 Å². The molecule has 3 rings (SSSR count). The van der Waals surface area contributed by atoms with Crippen LogP contribution in [0, 0.1) is 0 Å². The second-order valence-electron chi connectivity index (χ2n) is 6.55. The number of amides is 1. The van der Waals surface area contributed by atoms with Gasteiger partial charge < -0.3 is 14.4 Å². The number of piperazine rings is 1. The van der Waals surface area contributed by atoms with Gasteiger partial charge in [0.05, 0.1) is 18.0 Å². The van der Waals surface area contributed by atoms with E-state index in [0.29, 0.717) is 24.3 Å². The molecule has 0 unspecified atom stereocenters. The van der Waals surface area contributed by atoms with E-state index in [1.54, 1.807) is 25.6 Å². The lowest BCUT2D eigenvalue weighted by atomic mass is 10.1. The van der Waals surface area contributed by atoms with Crippen LogP contribution in [0.25, 0.3) is 0 Å². The average molecular weight is 453 g/mol. The van der Waals surface area contributed by atoms with Crippen LogP contribution in [0.3, 0.4) is 0 Å². The normalized spacial score (nSPS) is 15.0. The lowest BCUT2D eigenvalue weighted by molar-refractivity contribution is -0.132.